The Bertz CT molecular complexity index is 117. The zero-order valence-corrected chi connectivity index (χ0v) is 10.8. The lowest BCUT2D eigenvalue weighted by atomic mass is 10.5. The zero-order chi connectivity index (χ0) is 10.6. The van der Waals surface area contributed by atoms with Crippen LogP contribution >= 0.6 is 0 Å². The van der Waals surface area contributed by atoms with Crippen molar-refractivity contribution in [3.05, 3.63) is 0 Å². The zero-order valence-electron chi connectivity index (χ0n) is 9.42. The molecule has 0 saturated heterocycles. The Morgan fingerprint density at radius 3 is 2.86 bits per heavy atom. The maximum absolute atomic E-state index is 5.55. The summed E-state index contributed by atoms with van der Waals surface area (Å²) in [6, 6.07) is 1.20. The van der Waals surface area contributed by atoms with E-state index in [4.69, 9.17) is 14.9 Å². The first-order valence-electron chi connectivity index (χ1n) is 5.45. The fourth-order valence-corrected chi connectivity index (χ4v) is 2.16. The van der Waals surface area contributed by atoms with E-state index >= 15 is 0 Å². The van der Waals surface area contributed by atoms with Crippen molar-refractivity contribution in [2.24, 2.45) is 5.73 Å². The van der Waals surface area contributed by atoms with E-state index in [0.717, 1.165) is 26.2 Å². The first-order chi connectivity index (χ1) is 6.81. The predicted octanol–water partition coefficient (Wildman–Crippen LogP) is -0.174. The minimum atomic E-state index is -0.387. The largest absolute Gasteiger partial charge is 0.400 e. The minimum absolute atomic E-state index is 0.0105. The molecule has 5 heteroatoms. The SMILES string of the molecule is CCOC(C)O[SiH2]CCCNCCN. The summed E-state index contributed by atoms with van der Waals surface area (Å²) < 4.78 is 10.8. The topological polar surface area (TPSA) is 56.5 Å². The maximum atomic E-state index is 5.55. The molecule has 0 aliphatic rings. The molecule has 1 unspecified atom stereocenters. The van der Waals surface area contributed by atoms with Gasteiger partial charge in [0.1, 0.15) is 6.29 Å². The van der Waals surface area contributed by atoms with Crippen LogP contribution in [0.1, 0.15) is 20.3 Å². The fraction of sp³-hybridized carbons (Fsp3) is 1.00. The van der Waals surface area contributed by atoms with Crippen molar-refractivity contribution in [2.75, 3.05) is 26.2 Å². The van der Waals surface area contributed by atoms with Gasteiger partial charge in [0.25, 0.3) is 0 Å². The third-order valence-corrected chi connectivity index (χ3v) is 3.32. The van der Waals surface area contributed by atoms with E-state index in [1.165, 1.54) is 12.5 Å². The van der Waals surface area contributed by atoms with Gasteiger partial charge in [-0.25, -0.2) is 0 Å². The Labute approximate surface area is 89.5 Å². The van der Waals surface area contributed by atoms with E-state index in [2.05, 4.69) is 5.32 Å². The average Bonchev–Trinajstić information content (AvgIpc) is 2.17. The number of ether oxygens (including phenoxy) is 1. The number of hydrogen-bond donors (Lipinski definition) is 2. The molecule has 0 aromatic heterocycles. The number of nitrogens with one attached hydrogen (secondary N) is 1. The first kappa shape index (κ1) is 14.1. The highest BCUT2D eigenvalue weighted by molar-refractivity contribution is 6.27. The standard InChI is InChI=1S/C9H24N2O2Si/c1-3-12-9(2)13-14-8-4-6-11-7-5-10/h9,11H,3-8,10,14H2,1-2H3. The lowest BCUT2D eigenvalue weighted by Crippen LogP contribution is -2.23. The number of nitrogens with two attached hydrogens (primary N) is 1. The maximum Gasteiger partial charge on any atom is 0.165 e. The summed E-state index contributed by atoms with van der Waals surface area (Å²) in [6.07, 6.45) is 1.18. The number of hydrogen-bond acceptors (Lipinski definition) is 4. The molecule has 0 spiro atoms. The van der Waals surface area contributed by atoms with E-state index in [9.17, 15) is 0 Å². The molecule has 86 valence electrons. The van der Waals surface area contributed by atoms with Crippen LogP contribution in [-0.2, 0) is 9.16 Å². The molecule has 0 rings (SSSR count). The molecule has 0 aliphatic carbocycles. The molecule has 14 heavy (non-hydrogen) atoms. The van der Waals surface area contributed by atoms with Gasteiger partial charge in [-0.2, -0.15) is 0 Å². The third-order valence-electron chi connectivity index (χ3n) is 1.82. The number of rotatable bonds is 10. The van der Waals surface area contributed by atoms with E-state index in [-0.39, 0.29) is 16.1 Å². The molecule has 0 heterocycles. The van der Waals surface area contributed by atoms with Gasteiger partial charge in [0.2, 0.25) is 0 Å². The van der Waals surface area contributed by atoms with Crippen molar-refractivity contribution in [2.45, 2.75) is 32.6 Å². The molecule has 0 aliphatic heterocycles. The van der Waals surface area contributed by atoms with Crippen LogP contribution in [0.2, 0.25) is 6.04 Å². The van der Waals surface area contributed by atoms with Crippen molar-refractivity contribution in [1.82, 2.24) is 5.32 Å². The summed E-state index contributed by atoms with van der Waals surface area (Å²) in [4.78, 5) is 0. The molecule has 1 atom stereocenters. The average molecular weight is 220 g/mol. The molecule has 0 saturated carbocycles. The lowest BCUT2D eigenvalue weighted by molar-refractivity contribution is -0.0606. The predicted molar refractivity (Wildman–Crippen MR) is 62.1 cm³/mol. The van der Waals surface area contributed by atoms with Gasteiger partial charge in [0.05, 0.1) is 0 Å². The van der Waals surface area contributed by atoms with Crippen LogP contribution < -0.4 is 11.1 Å². The molecule has 0 amide bonds. The Hall–Kier alpha value is 0.0569. The van der Waals surface area contributed by atoms with E-state index in [1.54, 1.807) is 0 Å². The van der Waals surface area contributed by atoms with Gasteiger partial charge in [0, 0.05) is 19.7 Å². The van der Waals surface area contributed by atoms with Crippen molar-refractivity contribution in [3.8, 4) is 0 Å². The summed E-state index contributed by atoms with van der Waals surface area (Å²) in [5.74, 6) is 0. The van der Waals surface area contributed by atoms with Crippen molar-refractivity contribution >= 4 is 9.76 Å². The van der Waals surface area contributed by atoms with Gasteiger partial charge in [0.15, 0.2) is 9.76 Å². The quantitative estimate of drug-likeness (QED) is 0.305. The molecule has 0 fully saturated rings. The third kappa shape index (κ3) is 10.1. The second-order valence-electron chi connectivity index (χ2n) is 3.14. The van der Waals surface area contributed by atoms with Gasteiger partial charge in [-0.15, -0.1) is 0 Å². The molecule has 3 N–H and O–H groups in total. The lowest BCUT2D eigenvalue weighted by Gasteiger charge is -2.12. The van der Waals surface area contributed by atoms with Gasteiger partial charge in [-0.1, -0.05) is 0 Å². The summed E-state index contributed by atoms with van der Waals surface area (Å²) >= 11 is 0. The Morgan fingerprint density at radius 2 is 2.21 bits per heavy atom. The second-order valence-corrected chi connectivity index (χ2v) is 4.59. The van der Waals surface area contributed by atoms with Crippen LogP contribution in [0.5, 0.6) is 0 Å². The summed E-state index contributed by atoms with van der Waals surface area (Å²) in [5, 5.41) is 3.26. The van der Waals surface area contributed by atoms with E-state index in [0.29, 0.717) is 0 Å². The molecule has 0 radical (unpaired) electrons. The smallest absolute Gasteiger partial charge is 0.165 e. The summed E-state index contributed by atoms with van der Waals surface area (Å²) in [6.45, 7) is 7.36. The minimum Gasteiger partial charge on any atom is -0.400 e. The van der Waals surface area contributed by atoms with Crippen LogP contribution in [0.25, 0.3) is 0 Å². The van der Waals surface area contributed by atoms with E-state index < -0.39 is 0 Å². The molecule has 4 nitrogen and oxygen atoms in total. The van der Waals surface area contributed by atoms with Gasteiger partial charge in [-0.05, 0) is 32.9 Å². The van der Waals surface area contributed by atoms with Gasteiger partial charge < -0.3 is 20.2 Å². The summed E-state index contributed by atoms with van der Waals surface area (Å²) in [5.41, 5.74) is 5.35. The molecule has 0 aromatic carbocycles. The molecule has 0 aromatic rings. The normalized spacial score (nSPS) is 13.9. The molecular formula is C9H24N2O2Si. The molecule has 0 bridgehead atoms. The van der Waals surface area contributed by atoms with Crippen LogP contribution in [0.4, 0.5) is 0 Å². The highest BCUT2D eigenvalue weighted by Gasteiger charge is 1.99. The fourth-order valence-electron chi connectivity index (χ4n) is 1.11. The van der Waals surface area contributed by atoms with Crippen LogP contribution in [-0.4, -0.2) is 42.3 Å². The highest BCUT2D eigenvalue weighted by Crippen LogP contribution is 1.95. The summed E-state index contributed by atoms with van der Waals surface area (Å²) in [7, 11) is -0.387. The van der Waals surface area contributed by atoms with Crippen LogP contribution in [0.3, 0.4) is 0 Å². The van der Waals surface area contributed by atoms with Crippen molar-refractivity contribution in [1.29, 1.82) is 0 Å². The van der Waals surface area contributed by atoms with Gasteiger partial charge >= 0.3 is 0 Å². The van der Waals surface area contributed by atoms with Gasteiger partial charge in [-0.3, -0.25) is 0 Å². The van der Waals surface area contributed by atoms with Crippen LogP contribution in [0, 0.1) is 0 Å². The second kappa shape index (κ2) is 11.1. The Kier molecular flexibility index (Phi) is 11.2. The van der Waals surface area contributed by atoms with Crippen molar-refractivity contribution in [3.63, 3.8) is 0 Å². The van der Waals surface area contributed by atoms with Crippen molar-refractivity contribution < 1.29 is 9.16 Å². The first-order valence-corrected chi connectivity index (χ1v) is 7.03. The Morgan fingerprint density at radius 1 is 1.43 bits per heavy atom. The highest BCUT2D eigenvalue weighted by atomic mass is 28.2. The van der Waals surface area contributed by atoms with Crippen LogP contribution in [0.15, 0.2) is 0 Å². The monoisotopic (exact) mass is 220 g/mol. The molecular weight excluding hydrogens is 196 g/mol. The van der Waals surface area contributed by atoms with E-state index in [1.807, 2.05) is 13.8 Å². The Balaban J connectivity index is 2.98.